The predicted octanol–water partition coefficient (Wildman–Crippen LogP) is 1.43. The number of nitrogens with one attached hydrogen (secondary N) is 1. The van der Waals surface area contributed by atoms with Gasteiger partial charge in [0.05, 0.1) is 12.1 Å². The van der Waals surface area contributed by atoms with E-state index in [1.807, 2.05) is 14.0 Å². The number of nitrogens with zero attached hydrogens (tertiary/aromatic N) is 3. The number of hydrogen-bond donors (Lipinski definition) is 2. The van der Waals surface area contributed by atoms with Crippen LogP contribution in [0.4, 0.5) is 5.69 Å². The SMILES string of the molecule is Cc1cc(C(=O)O)ccc1NCc1ncn(C)n1. The van der Waals surface area contributed by atoms with Gasteiger partial charge in [0, 0.05) is 12.7 Å². The van der Waals surface area contributed by atoms with E-state index in [2.05, 4.69) is 15.4 Å². The van der Waals surface area contributed by atoms with Crippen LogP contribution in [0.5, 0.6) is 0 Å². The van der Waals surface area contributed by atoms with Crippen molar-refractivity contribution in [1.82, 2.24) is 14.8 Å². The summed E-state index contributed by atoms with van der Waals surface area (Å²) in [5.41, 5.74) is 2.05. The summed E-state index contributed by atoms with van der Waals surface area (Å²) in [7, 11) is 1.81. The van der Waals surface area contributed by atoms with E-state index in [0.717, 1.165) is 11.3 Å². The molecule has 2 aromatic rings. The minimum absolute atomic E-state index is 0.286. The van der Waals surface area contributed by atoms with Crippen LogP contribution in [0.1, 0.15) is 21.7 Å². The molecule has 6 nitrogen and oxygen atoms in total. The highest BCUT2D eigenvalue weighted by atomic mass is 16.4. The molecule has 0 fully saturated rings. The Bertz CT molecular complexity index is 577. The first-order chi connectivity index (χ1) is 8.56. The average molecular weight is 246 g/mol. The van der Waals surface area contributed by atoms with Crippen molar-refractivity contribution in [2.45, 2.75) is 13.5 Å². The second-order valence-corrected chi connectivity index (χ2v) is 4.02. The van der Waals surface area contributed by atoms with Gasteiger partial charge < -0.3 is 10.4 Å². The van der Waals surface area contributed by atoms with Gasteiger partial charge in [-0.1, -0.05) is 0 Å². The maximum Gasteiger partial charge on any atom is 0.335 e. The van der Waals surface area contributed by atoms with Crippen LogP contribution in [0.25, 0.3) is 0 Å². The van der Waals surface area contributed by atoms with E-state index in [9.17, 15) is 4.79 Å². The first-order valence-corrected chi connectivity index (χ1v) is 5.48. The number of carbonyl (C=O) groups is 1. The van der Waals surface area contributed by atoms with Crippen LogP contribution < -0.4 is 5.32 Å². The number of aromatic nitrogens is 3. The lowest BCUT2D eigenvalue weighted by molar-refractivity contribution is 0.0697. The second kappa shape index (κ2) is 4.87. The van der Waals surface area contributed by atoms with Gasteiger partial charge in [-0.15, -0.1) is 0 Å². The van der Waals surface area contributed by atoms with Gasteiger partial charge in [0.15, 0.2) is 5.82 Å². The number of aromatic carboxylic acids is 1. The number of carboxylic acids is 1. The molecule has 0 amide bonds. The summed E-state index contributed by atoms with van der Waals surface area (Å²) >= 11 is 0. The van der Waals surface area contributed by atoms with Crippen molar-refractivity contribution in [3.05, 3.63) is 41.5 Å². The van der Waals surface area contributed by atoms with Crippen LogP contribution in [0.15, 0.2) is 24.5 Å². The number of anilines is 1. The molecule has 0 bridgehead atoms. The average Bonchev–Trinajstić information content (AvgIpc) is 2.73. The van der Waals surface area contributed by atoms with Crippen molar-refractivity contribution >= 4 is 11.7 Å². The summed E-state index contributed by atoms with van der Waals surface area (Å²) in [5.74, 6) is -0.227. The van der Waals surface area contributed by atoms with E-state index in [4.69, 9.17) is 5.11 Å². The molecular weight excluding hydrogens is 232 g/mol. The van der Waals surface area contributed by atoms with Gasteiger partial charge in [0.25, 0.3) is 0 Å². The van der Waals surface area contributed by atoms with Gasteiger partial charge in [0.1, 0.15) is 6.33 Å². The van der Waals surface area contributed by atoms with Crippen molar-refractivity contribution in [3.63, 3.8) is 0 Å². The largest absolute Gasteiger partial charge is 0.478 e. The van der Waals surface area contributed by atoms with E-state index < -0.39 is 5.97 Å². The first kappa shape index (κ1) is 12.1. The summed E-state index contributed by atoms with van der Waals surface area (Å²) in [6, 6.07) is 4.96. The summed E-state index contributed by atoms with van der Waals surface area (Å²) in [6.45, 7) is 2.37. The molecule has 0 aliphatic heterocycles. The lowest BCUT2D eigenvalue weighted by atomic mass is 10.1. The molecule has 0 saturated heterocycles. The second-order valence-electron chi connectivity index (χ2n) is 4.02. The van der Waals surface area contributed by atoms with Crippen LogP contribution in [0.2, 0.25) is 0 Å². The van der Waals surface area contributed by atoms with Crippen LogP contribution >= 0.6 is 0 Å². The monoisotopic (exact) mass is 246 g/mol. The normalized spacial score (nSPS) is 10.3. The Morgan fingerprint density at radius 1 is 1.50 bits per heavy atom. The maximum atomic E-state index is 10.8. The molecule has 0 spiro atoms. The van der Waals surface area contributed by atoms with Gasteiger partial charge in [-0.3, -0.25) is 4.68 Å². The van der Waals surface area contributed by atoms with Crippen molar-refractivity contribution in [2.24, 2.45) is 7.05 Å². The van der Waals surface area contributed by atoms with E-state index >= 15 is 0 Å². The van der Waals surface area contributed by atoms with E-state index in [-0.39, 0.29) is 5.56 Å². The van der Waals surface area contributed by atoms with Crippen molar-refractivity contribution in [2.75, 3.05) is 5.32 Å². The fourth-order valence-corrected chi connectivity index (χ4v) is 1.63. The van der Waals surface area contributed by atoms with Gasteiger partial charge in [-0.05, 0) is 30.7 Å². The maximum absolute atomic E-state index is 10.8. The molecule has 1 aromatic heterocycles. The minimum atomic E-state index is -0.920. The smallest absolute Gasteiger partial charge is 0.335 e. The fourth-order valence-electron chi connectivity index (χ4n) is 1.63. The molecule has 1 heterocycles. The Balaban J connectivity index is 2.08. The Labute approximate surface area is 104 Å². The number of hydrogen-bond acceptors (Lipinski definition) is 4. The quantitative estimate of drug-likeness (QED) is 0.853. The first-order valence-electron chi connectivity index (χ1n) is 5.48. The molecule has 0 aliphatic carbocycles. The molecule has 0 saturated carbocycles. The van der Waals surface area contributed by atoms with Gasteiger partial charge in [-0.2, -0.15) is 5.10 Å². The third-order valence-corrected chi connectivity index (χ3v) is 2.56. The van der Waals surface area contributed by atoms with Crippen LogP contribution in [0.3, 0.4) is 0 Å². The Morgan fingerprint density at radius 3 is 2.83 bits per heavy atom. The fraction of sp³-hybridized carbons (Fsp3) is 0.250. The highest BCUT2D eigenvalue weighted by Gasteiger charge is 2.06. The van der Waals surface area contributed by atoms with E-state index in [1.165, 1.54) is 0 Å². The molecule has 6 heteroatoms. The van der Waals surface area contributed by atoms with E-state index in [1.54, 1.807) is 29.2 Å². The van der Waals surface area contributed by atoms with Crippen LogP contribution in [-0.4, -0.2) is 25.8 Å². The minimum Gasteiger partial charge on any atom is -0.478 e. The zero-order valence-corrected chi connectivity index (χ0v) is 10.2. The lowest BCUT2D eigenvalue weighted by Crippen LogP contribution is -2.05. The Hall–Kier alpha value is -2.37. The number of benzene rings is 1. The molecule has 1 aromatic carbocycles. The molecule has 2 rings (SSSR count). The topological polar surface area (TPSA) is 80.0 Å². The highest BCUT2D eigenvalue weighted by molar-refractivity contribution is 5.88. The third-order valence-electron chi connectivity index (χ3n) is 2.56. The number of rotatable bonds is 4. The molecule has 0 radical (unpaired) electrons. The van der Waals surface area contributed by atoms with E-state index in [0.29, 0.717) is 12.4 Å². The van der Waals surface area contributed by atoms with Crippen molar-refractivity contribution in [3.8, 4) is 0 Å². The van der Waals surface area contributed by atoms with Crippen molar-refractivity contribution < 1.29 is 9.90 Å². The number of carboxylic acid groups (broad SMARTS) is 1. The summed E-state index contributed by atoms with van der Waals surface area (Å²) in [5, 5.41) is 16.2. The van der Waals surface area contributed by atoms with Crippen LogP contribution in [0, 0.1) is 6.92 Å². The third kappa shape index (κ3) is 2.65. The molecular formula is C12H14N4O2. The lowest BCUT2D eigenvalue weighted by Gasteiger charge is -2.08. The van der Waals surface area contributed by atoms with Gasteiger partial charge in [0.2, 0.25) is 0 Å². The number of aryl methyl sites for hydroxylation is 2. The Morgan fingerprint density at radius 2 is 2.28 bits per heavy atom. The molecule has 0 unspecified atom stereocenters. The summed E-state index contributed by atoms with van der Waals surface area (Å²) in [4.78, 5) is 14.9. The standard InChI is InChI=1S/C12H14N4O2/c1-8-5-9(12(17)18)3-4-10(8)13-6-11-14-7-16(2)15-11/h3-5,7,13H,6H2,1-2H3,(H,17,18). The molecule has 94 valence electrons. The molecule has 0 atom stereocenters. The summed E-state index contributed by atoms with van der Waals surface area (Å²) in [6.07, 6.45) is 1.64. The molecule has 0 aliphatic rings. The zero-order valence-electron chi connectivity index (χ0n) is 10.2. The van der Waals surface area contributed by atoms with Gasteiger partial charge >= 0.3 is 5.97 Å². The Kier molecular flexibility index (Phi) is 3.27. The highest BCUT2D eigenvalue weighted by Crippen LogP contribution is 2.17. The molecule has 2 N–H and O–H groups in total. The molecule has 18 heavy (non-hydrogen) atoms. The predicted molar refractivity (Wildman–Crippen MR) is 66.5 cm³/mol. The van der Waals surface area contributed by atoms with Crippen LogP contribution in [-0.2, 0) is 13.6 Å². The van der Waals surface area contributed by atoms with Crippen molar-refractivity contribution in [1.29, 1.82) is 0 Å². The van der Waals surface area contributed by atoms with Gasteiger partial charge in [-0.25, -0.2) is 9.78 Å². The zero-order chi connectivity index (χ0) is 13.1. The summed E-state index contributed by atoms with van der Waals surface area (Å²) < 4.78 is 1.64.